The van der Waals surface area contributed by atoms with Crippen molar-refractivity contribution in [2.24, 2.45) is 0 Å². The monoisotopic (exact) mass is 473 g/mol. The topological polar surface area (TPSA) is 120 Å². The van der Waals surface area contributed by atoms with Gasteiger partial charge in [0.2, 0.25) is 0 Å². The average Bonchev–Trinajstić information content (AvgIpc) is 3.46. The molecule has 176 valence electrons. The maximum Gasteiger partial charge on any atom is 0.328 e. The van der Waals surface area contributed by atoms with E-state index in [0.717, 1.165) is 11.8 Å². The molecule has 1 amide bonds. The van der Waals surface area contributed by atoms with Crippen LogP contribution in [0.5, 0.6) is 11.5 Å². The van der Waals surface area contributed by atoms with E-state index in [4.69, 9.17) is 4.74 Å². The molecule has 0 aliphatic carbocycles. The van der Waals surface area contributed by atoms with Crippen molar-refractivity contribution < 1.29 is 13.9 Å². The van der Waals surface area contributed by atoms with E-state index in [9.17, 15) is 14.0 Å². The predicted octanol–water partition coefficient (Wildman–Crippen LogP) is 4.07. The second-order valence-electron chi connectivity index (χ2n) is 7.99. The fourth-order valence-electron chi connectivity index (χ4n) is 3.65. The number of amides is 1. The number of carbonyl (C=O) groups excluding carboxylic acids is 1. The standard InChI is InChI=1S/C24H20FN7O3/c1-14(2)32-21-20(10-11-26-22(21)28-24(32)34)35-19-9-8-15(12-17(19)25)27-23(33)18-13-31(30-29-18)16-6-4-3-5-7-16/h3-14H,1-2H3,(H,27,33)(H,26,28,34). The van der Waals surface area contributed by atoms with Gasteiger partial charge in [0.05, 0.1) is 11.9 Å². The van der Waals surface area contributed by atoms with Gasteiger partial charge in [0.25, 0.3) is 5.91 Å². The molecule has 5 rings (SSSR count). The van der Waals surface area contributed by atoms with Crippen LogP contribution in [0.2, 0.25) is 0 Å². The Bertz CT molecular complexity index is 1590. The number of para-hydroxylation sites is 1. The maximum absolute atomic E-state index is 14.9. The molecule has 0 atom stereocenters. The van der Waals surface area contributed by atoms with Crippen LogP contribution in [0.25, 0.3) is 16.9 Å². The zero-order valence-electron chi connectivity index (χ0n) is 18.8. The third kappa shape index (κ3) is 4.26. The van der Waals surface area contributed by atoms with Gasteiger partial charge in [-0.1, -0.05) is 23.4 Å². The molecule has 0 fully saturated rings. The Labute approximate surface area is 198 Å². The van der Waals surface area contributed by atoms with E-state index in [1.807, 2.05) is 44.2 Å². The highest BCUT2D eigenvalue weighted by Crippen LogP contribution is 2.31. The molecule has 2 aromatic carbocycles. The third-order valence-electron chi connectivity index (χ3n) is 5.25. The lowest BCUT2D eigenvalue weighted by atomic mass is 10.2. The van der Waals surface area contributed by atoms with Crippen molar-refractivity contribution in [2.45, 2.75) is 19.9 Å². The fourth-order valence-corrected chi connectivity index (χ4v) is 3.65. The van der Waals surface area contributed by atoms with E-state index in [1.54, 1.807) is 6.07 Å². The molecule has 3 aromatic heterocycles. The van der Waals surface area contributed by atoms with Gasteiger partial charge in [0.1, 0.15) is 5.52 Å². The number of benzene rings is 2. The zero-order valence-corrected chi connectivity index (χ0v) is 18.8. The first-order valence-electron chi connectivity index (χ1n) is 10.8. The summed E-state index contributed by atoms with van der Waals surface area (Å²) < 4.78 is 23.6. The van der Waals surface area contributed by atoms with E-state index in [1.165, 1.54) is 33.8 Å². The summed E-state index contributed by atoms with van der Waals surface area (Å²) in [6, 6.07) is 14.6. The van der Waals surface area contributed by atoms with Crippen LogP contribution in [0.15, 0.2) is 71.8 Å². The number of carbonyl (C=O) groups is 1. The van der Waals surface area contributed by atoms with E-state index >= 15 is 0 Å². The highest BCUT2D eigenvalue weighted by molar-refractivity contribution is 6.02. The van der Waals surface area contributed by atoms with E-state index < -0.39 is 11.7 Å². The minimum atomic E-state index is -0.699. The SMILES string of the molecule is CC(C)n1c(=O)[nH]c2nccc(Oc3ccc(NC(=O)c4cn(-c5ccccc5)nn4)cc3F)c21. The lowest BCUT2D eigenvalue weighted by Gasteiger charge is -2.12. The summed E-state index contributed by atoms with van der Waals surface area (Å²) in [5.74, 6) is -1.04. The molecule has 0 saturated heterocycles. The second kappa shape index (κ2) is 8.86. The van der Waals surface area contributed by atoms with E-state index in [2.05, 4.69) is 25.6 Å². The highest BCUT2D eigenvalue weighted by atomic mass is 19.1. The first-order valence-corrected chi connectivity index (χ1v) is 10.8. The number of rotatable bonds is 6. The number of halogens is 1. The lowest BCUT2D eigenvalue weighted by molar-refractivity contribution is 0.102. The first-order chi connectivity index (χ1) is 16.9. The van der Waals surface area contributed by atoms with Gasteiger partial charge in [-0.05, 0) is 38.1 Å². The number of nitrogens with zero attached hydrogens (tertiary/aromatic N) is 5. The smallest absolute Gasteiger partial charge is 0.328 e. The van der Waals surface area contributed by atoms with E-state index in [-0.39, 0.29) is 34.6 Å². The van der Waals surface area contributed by atoms with Crippen LogP contribution in [0.1, 0.15) is 30.4 Å². The van der Waals surface area contributed by atoms with Crippen molar-refractivity contribution in [1.29, 1.82) is 0 Å². The van der Waals surface area contributed by atoms with Gasteiger partial charge in [0.15, 0.2) is 28.7 Å². The van der Waals surface area contributed by atoms with Crippen LogP contribution in [0.3, 0.4) is 0 Å². The zero-order chi connectivity index (χ0) is 24.5. The fraction of sp³-hybridized carbons (Fsp3) is 0.125. The molecule has 0 aliphatic rings. The maximum atomic E-state index is 14.9. The molecule has 10 nitrogen and oxygen atoms in total. The Morgan fingerprint density at radius 1 is 1.11 bits per heavy atom. The molecule has 11 heteroatoms. The number of pyridine rings is 1. The Kier molecular flexibility index (Phi) is 5.57. The number of nitrogens with one attached hydrogen (secondary N) is 2. The van der Waals surface area contributed by atoms with Crippen LogP contribution in [-0.4, -0.2) is 35.4 Å². The summed E-state index contributed by atoms with van der Waals surface area (Å²) in [6.07, 6.45) is 2.95. The quantitative estimate of drug-likeness (QED) is 0.384. The molecule has 2 N–H and O–H groups in total. The second-order valence-corrected chi connectivity index (χ2v) is 7.99. The Morgan fingerprint density at radius 3 is 2.66 bits per heavy atom. The molecule has 0 saturated carbocycles. The number of aromatic nitrogens is 6. The van der Waals surface area contributed by atoms with Crippen LogP contribution in [0.4, 0.5) is 10.1 Å². The molecular weight excluding hydrogens is 453 g/mol. The van der Waals surface area contributed by atoms with Crippen LogP contribution < -0.4 is 15.7 Å². The summed E-state index contributed by atoms with van der Waals surface area (Å²) in [7, 11) is 0. The number of hydrogen-bond acceptors (Lipinski definition) is 6. The van der Waals surface area contributed by atoms with Crippen molar-refractivity contribution in [3.8, 4) is 17.2 Å². The molecule has 0 aliphatic heterocycles. The highest BCUT2D eigenvalue weighted by Gasteiger charge is 2.18. The lowest BCUT2D eigenvalue weighted by Crippen LogP contribution is -2.18. The molecule has 0 spiro atoms. The van der Waals surface area contributed by atoms with Gasteiger partial charge in [-0.3, -0.25) is 14.3 Å². The number of H-pyrrole nitrogens is 1. The Morgan fingerprint density at radius 2 is 1.91 bits per heavy atom. The number of ether oxygens (including phenoxy) is 1. The van der Waals surface area contributed by atoms with Gasteiger partial charge in [-0.15, -0.1) is 5.10 Å². The Hall–Kier alpha value is -4.80. The van der Waals surface area contributed by atoms with Gasteiger partial charge < -0.3 is 10.1 Å². The molecule has 3 heterocycles. The number of imidazole rings is 1. The Balaban J connectivity index is 1.36. The molecular formula is C24H20FN7O3. The summed E-state index contributed by atoms with van der Waals surface area (Å²) in [6.45, 7) is 3.70. The minimum Gasteiger partial charge on any atom is -0.452 e. The number of anilines is 1. The predicted molar refractivity (Wildman–Crippen MR) is 127 cm³/mol. The molecule has 0 unspecified atom stereocenters. The normalized spacial score (nSPS) is 11.2. The summed E-state index contributed by atoms with van der Waals surface area (Å²) in [4.78, 5) is 31.7. The largest absolute Gasteiger partial charge is 0.452 e. The van der Waals surface area contributed by atoms with Gasteiger partial charge in [-0.2, -0.15) is 0 Å². The van der Waals surface area contributed by atoms with Gasteiger partial charge >= 0.3 is 5.69 Å². The van der Waals surface area contributed by atoms with Crippen LogP contribution in [0, 0.1) is 5.82 Å². The molecule has 0 bridgehead atoms. The van der Waals surface area contributed by atoms with Crippen LogP contribution in [-0.2, 0) is 0 Å². The van der Waals surface area contributed by atoms with Gasteiger partial charge in [-0.25, -0.2) is 18.9 Å². The van der Waals surface area contributed by atoms with Crippen molar-refractivity contribution in [3.05, 3.63) is 89.0 Å². The van der Waals surface area contributed by atoms with Crippen molar-refractivity contribution in [3.63, 3.8) is 0 Å². The summed E-state index contributed by atoms with van der Waals surface area (Å²) in [5.41, 5.74) is 1.49. The number of aromatic amines is 1. The molecule has 0 radical (unpaired) electrons. The van der Waals surface area contributed by atoms with Crippen LogP contribution >= 0.6 is 0 Å². The summed E-state index contributed by atoms with van der Waals surface area (Å²) in [5, 5.41) is 10.4. The minimum absolute atomic E-state index is 0.0746. The van der Waals surface area contributed by atoms with Crippen molar-refractivity contribution >= 4 is 22.8 Å². The average molecular weight is 473 g/mol. The number of hydrogen-bond donors (Lipinski definition) is 2. The third-order valence-corrected chi connectivity index (χ3v) is 5.25. The first kappa shape index (κ1) is 22.0. The van der Waals surface area contributed by atoms with E-state index in [0.29, 0.717) is 11.2 Å². The van der Waals surface area contributed by atoms with Crippen molar-refractivity contribution in [1.82, 2.24) is 29.5 Å². The molecule has 35 heavy (non-hydrogen) atoms. The van der Waals surface area contributed by atoms with Gasteiger partial charge in [0, 0.05) is 30.1 Å². The molecule has 5 aromatic rings. The van der Waals surface area contributed by atoms with Crippen molar-refractivity contribution in [2.75, 3.05) is 5.32 Å². The number of fused-ring (bicyclic) bond motifs is 1. The summed E-state index contributed by atoms with van der Waals surface area (Å²) >= 11 is 0.